The number of hydrogen-bond acceptors (Lipinski definition) is 2. The maximum absolute atomic E-state index is 5.89. The largest absolute Gasteiger partial charge is 0.370 e. The van der Waals surface area contributed by atoms with E-state index in [0.29, 0.717) is 5.41 Å². The van der Waals surface area contributed by atoms with Gasteiger partial charge in [-0.15, -0.1) is 0 Å². The molecule has 0 atom stereocenters. The fourth-order valence-corrected chi connectivity index (χ4v) is 3.02. The Labute approximate surface area is 102 Å². The van der Waals surface area contributed by atoms with Crippen molar-refractivity contribution < 1.29 is 0 Å². The fraction of sp³-hybridized carbons (Fsp3) is 0.538. The summed E-state index contributed by atoms with van der Waals surface area (Å²) in [5.74, 6) is 0. The highest BCUT2D eigenvalue weighted by atomic mass is 35.5. The molecule has 0 aromatic heterocycles. The molecular weight excluding hydrogens is 220 g/mol. The number of hydrogen-bond donors (Lipinski definition) is 1. The van der Waals surface area contributed by atoms with Gasteiger partial charge in [0.05, 0.1) is 0 Å². The smallest absolute Gasteiger partial charge is 0.0407 e. The molecule has 0 radical (unpaired) electrons. The molecule has 16 heavy (non-hydrogen) atoms. The summed E-state index contributed by atoms with van der Waals surface area (Å²) in [6.07, 6.45) is 2.71. The van der Waals surface area contributed by atoms with Gasteiger partial charge in [0.15, 0.2) is 0 Å². The Balaban J connectivity index is 1.66. The molecule has 1 spiro atoms. The van der Waals surface area contributed by atoms with Crippen molar-refractivity contribution in [1.29, 1.82) is 0 Å². The van der Waals surface area contributed by atoms with E-state index in [9.17, 15) is 0 Å². The van der Waals surface area contributed by atoms with Crippen molar-refractivity contribution in [2.24, 2.45) is 5.41 Å². The third kappa shape index (κ3) is 1.80. The van der Waals surface area contributed by atoms with Gasteiger partial charge in [-0.2, -0.15) is 0 Å². The molecule has 3 rings (SSSR count). The van der Waals surface area contributed by atoms with Crippen molar-refractivity contribution in [3.8, 4) is 0 Å². The Morgan fingerprint density at radius 3 is 2.56 bits per heavy atom. The van der Waals surface area contributed by atoms with E-state index < -0.39 is 0 Å². The van der Waals surface area contributed by atoms with Crippen molar-refractivity contribution >= 4 is 17.3 Å². The predicted octanol–water partition coefficient (Wildman–Crippen LogP) is 2.53. The maximum Gasteiger partial charge on any atom is 0.0407 e. The van der Waals surface area contributed by atoms with Crippen LogP contribution in [0, 0.1) is 5.41 Å². The van der Waals surface area contributed by atoms with Gasteiger partial charge in [-0.25, -0.2) is 0 Å². The molecular formula is C13H17ClN2. The van der Waals surface area contributed by atoms with Crippen LogP contribution in [0.1, 0.15) is 12.8 Å². The average Bonchev–Trinajstić information content (AvgIpc) is 2.28. The van der Waals surface area contributed by atoms with E-state index in [4.69, 9.17) is 11.6 Å². The Kier molecular flexibility index (Phi) is 2.56. The highest BCUT2D eigenvalue weighted by molar-refractivity contribution is 6.30. The maximum atomic E-state index is 5.89. The lowest BCUT2D eigenvalue weighted by Gasteiger charge is -2.53. The Hall–Kier alpha value is -0.730. The lowest BCUT2D eigenvalue weighted by Crippen LogP contribution is -2.62. The third-order valence-corrected chi connectivity index (χ3v) is 4.06. The molecule has 2 saturated heterocycles. The highest BCUT2D eigenvalue weighted by Crippen LogP contribution is 2.39. The van der Waals surface area contributed by atoms with Crippen molar-refractivity contribution in [2.75, 3.05) is 31.1 Å². The zero-order valence-corrected chi connectivity index (χ0v) is 10.1. The number of nitrogens with zero attached hydrogens (tertiary/aromatic N) is 1. The van der Waals surface area contributed by atoms with Gasteiger partial charge in [0.2, 0.25) is 0 Å². The Morgan fingerprint density at radius 2 is 1.94 bits per heavy atom. The van der Waals surface area contributed by atoms with E-state index in [1.165, 1.54) is 44.7 Å². The second-order valence-electron chi connectivity index (χ2n) is 5.11. The van der Waals surface area contributed by atoms with Crippen molar-refractivity contribution in [3.63, 3.8) is 0 Å². The first kappa shape index (κ1) is 10.4. The third-order valence-electron chi connectivity index (χ3n) is 3.80. The number of nitrogens with one attached hydrogen (secondary N) is 1. The summed E-state index contributed by atoms with van der Waals surface area (Å²) in [5.41, 5.74) is 1.86. The van der Waals surface area contributed by atoms with Crippen LogP contribution in [0.25, 0.3) is 0 Å². The van der Waals surface area contributed by atoms with E-state index in [2.05, 4.69) is 22.3 Å². The highest BCUT2D eigenvalue weighted by Gasteiger charge is 2.43. The molecule has 2 aliphatic heterocycles. The summed E-state index contributed by atoms with van der Waals surface area (Å²) < 4.78 is 0. The number of anilines is 1. The zero-order chi connectivity index (χ0) is 11.0. The predicted molar refractivity (Wildman–Crippen MR) is 68.2 cm³/mol. The normalized spacial score (nSPS) is 23.2. The number of rotatable bonds is 1. The van der Waals surface area contributed by atoms with Crippen LogP contribution in [0.5, 0.6) is 0 Å². The minimum atomic E-state index is 0.553. The van der Waals surface area contributed by atoms with Gasteiger partial charge in [-0.05, 0) is 43.7 Å². The lowest BCUT2D eigenvalue weighted by molar-refractivity contribution is 0.157. The summed E-state index contributed by atoms with van der Waals surface area (Å²) in [6, 6.07) is 8.18. The van der Waals surface area contributed by atoms with Gasteiger partial charge in [-0.1, -0.05) is 11.6 Å². The quantitative estimate of drug-likeness (QED) is 0.806. The number of piperidine rings is 1. The van der Waals surface area contributed by atoms with Gasteiger partial charge in [-0.3, -0.25) is 0 Å². The molecule has 86 valence electrons. The number of halogens is 1. The molecule has 2 fully saturated rings. The van der Waals surface area contributed by atoms with Gasteiger partial charge in [0.1, 0.15) is 0 Å². The first-order valence-corrected chi connectivity index (χ1v) is 6.37. The molecule has 2 aliphatic rings. The van der Waals surface area contributed by atoms with Crippen LogP contribution in [0.15, 0.2) is 24.3 Å². The van der Waals surface area contributed by atoms with Gasteiger partial charge in [0.25, 0.3) is 0 Å². The molecule has 2 heterocycles. The summed E-state index contributed by atoms with van der Waals surface area (Å²) in [7, 11) is 0. The molecule has 1 aromatic rings. The second kappa shape index (κ2) is 3.94. The van der Waals surface area contributed by atoms with E-state index >= 15 is 0 Å². The molecule has 0 saturated carbocycles. The monoisotopic (exact) mass is 236 g/mol. The van der Waals surface area contributed by atoms with Crippen molar-refractivity contribution in [3.05, 3.63) is 29.3 Å². The minimum Gasteiger partial charge on any atom is -0.370 e. The first-order valence-electron chi connectivity index (χ1n) is 5.99. The molecule has 2 nitrogen and oxygen atoms in total. The van der Waals surface area contributed by atoms with Crippen LogP contribution in [-0.2, 0) is 0 Å². The SMILES string of the molecule is Clc1ccc(N2CC3(CCCNC3)C2)cc1. The Morgan fingerprint density at radius 1 is 1.19 bits per heavy atom. The standard InChI is InChI=1S/C13H17ClN2/c14-11-2-4-12(5-3-11)16-9-13(10-16)6-1-7-15-8-13/h2-5,15H,1,6-10H2. The van der Waals surface area contributed by atoms with Crippen molar-refractivity contribution in [1.82, 2.24) is 5.32 Å². The molecule has 1 aromatic carbocycles. The first-order chi connectivity index (χ1) is 7.77. The van der Waals surface area contributed by atoms with Crippen LogP contribution >= 0.6 is 11.6 Å². The molecule has 0 bridgehead atoms. The van der Waals surface area contributed by atoms with Crippen LogP contribution in [0.4, 0.5) is 5.69 Å². The van der Waals surface area contributed by atoms with Gasteiger partial charge < -0.3 is 10.2 Å². The summed E-state index contributed by atoms with van der Waals surface area (Å²) in [5, 5.41) is 4.33. The summed E-state index contributed by atoms with van der Waals surface area (Å²) >= 11 is 5.89. The zero-order valence-electron chi connectivity index (χ0n) is 9.38. The molecule has 1 N–H and O–H groups in total. The van der Waals surface area contributed by atoms with E-state index in [1.807, 2.05) is 12.1 Å². The average molecular weight is 237 g/mol. The van der Waals surface area contributed by atoms with Gasteiger partial charge >= 0.3 is 0 Å². The van der Waals surface area contributed by atoms with E-state index in [1.54, 1.807) is 0 Å². The molecule has 0 amide bonds. The molecule has 0 unspecified atom stereocenters. The van der Waals surface area contributed by atoms with E-state index in [0.717, 1.165) is 5.02 Å². The van der Waals surface area contributed by atoms with Crippen LogP contribution in [0.3, 0.4) is 0 Å². The molecule has 3 heteroatoms. The van der Waals surface area contributed by atoms with Gasteiger partial charge in [0, 0.05) is 35.8 Å². The lowest BCUT2D eigenvalue weighted by atomic mass is 9.74. The van der Waals surface area contributed by atoms with Crippen LogP contribution in [-0.4, -0.2) is 26.2 Å². The summed E-state index contributed by atoms with van der Waals surface area (Å²) in [4.78, 5) is 2.45. The second-order valence-corrected chi connectivity index (χ2v) is 5.55. The Bertz CT molecular complexity index is 360. The molecule has 0 aliphatic carbocycles. The van der Waals surface area contributed by atoms with Crippen LogP contribution in [0.2, 0.25) is 5.02 Å². The van der Waals surface area contributed by atoms with Crippen LogP contribution < -0.4 is 10.2 Å². The summed E-state index contributed by atoms with van der Waals surface area (Å²) in [6.45, 7) is 4.78. The number of benzene rings is 1. The topological polar surface area (TPSA) is 15.3 Å². The fourth-order valence-electron chi connectivity index (χ4n) is 2.90. The van der Waals surface area contributed by atoms with Crippen molar-refractivity contribution in [2.45, 2.75) is 12.8 Å². The van der Waals surface area contributed by atoms with E-state index in [-0.39, 0.29) is 0 Å². The minimum absolute atomic E-state index is 0.553.